The molecule has 2 N–H and O–H groups in total. The van der Waals surface area contributed by atoms with E-state index in [4.69, 9.17) is 5.73 Å². The zero-order valence-electron chi connectivity index (χ0n) is 12.2. The second kappa shape index (κ2) is 4.71. The van der Waals surface area contributed by atoms with E-state index in [1.807, 2.05) is 0 Å². The highest BCUT2D eigenvalue weighted by Crippen LogP contribution is 2.46. The Bertz CT molecular complexity index is 337. The lowest BCUT2D eigenvalue weighted by Crippen LogP contribution is -2.71. The molecule has 0 radical (unpaired) electrons. The van der Waals surface area contributed by atoms with E-state index in [9.17, 15) is 0 Å². The van der Waals surface area contributed by atoms with Crippen LogP contribution in [-0.2, 0) is 0 Å². The van der Waals surface area contributed by atoms with Crippen molar-refractivity contribution < 1.29 is 0 Å². The van der Waals surface area contributed by atoms with Gasteiger partial charge in [-0.05, 0) is 63.6 Å². The molecule has 0 spiro atoms. The van der Waals surface area contributed by atoms with Crippen molar-refractivity contribution in [2.45, 2.75) is 56.5 Å². The molecule has 0 aromatic heterocycles. The van der Waals surface area contributed by atoms with Crippen LogP contribution in [0.15, 0.2) is 0 Å². The van der Waals surface area contributed by atoms with Crippen molar-refractivity contribution >= 4 is 0 Å². The van der Waals surface area contributed by atoms with Crippen LogP contribution in [0, 0.1) is 11.8 Å². The van der Waals surface area contributed by atoms with Gasteiger partial charge in [0, 0.05) is 24.7 Å². The molecule has 3 unspecified atom stereocenters. The quantitative estimate of drug-likeness (QED) is 0.822. The second-order valence-electron chi connectivity index (χ2n) is 7.45. The van der Waals surface area contributed by atoms with Gasteiger partial charge in [-0.25, -0.2) is 0 Å². The Hall–Kier alpha value is -0.120. The molecule has 5 aliphatic rings. The summed E-state index contributed by atoms with van der Waals surface area (Å²) in [7, 11) is 0. The van der Waals surface area contributed by atoms with E-state index in [0.29, 0.717) is 5.54 Å². The van der Waals surface area contributed by atoms with E-state index in [1.54, 1.807) is 0 Å². The normalized spacial score (nSPS) is 50.4. The first-order valence-corrected chi connectivity index (χ1v) is 8.53. The largest absolute Gasteiger partial charge is 0.329 e. The van der Waals surface area contributed by atoms with Crippen molar-refractivity contribution in [3.63, 3.8) is 0 Å². The average molecular weight is 263 g/mol. The number of rotatable bonds is 2. The summed E-state index contributed by atoms with van der Waals surface area (Å²) in [5.41, 5.74) is 6.70. The number of hydrogen-bond donors (Lipinski definition) is 1. The van der Waals surface area contributed by atoms with Crippen LogP contribution in [0.1, 0.15) is 44.9 Å². The van der Waals surface area contributed by atoms with Gasteiger partial charge >= 0.3 is 0 Å². The van der Waals surface area contributed by atoms with Gasteiger partial charge < -0.3 is 10.6 Å². The minimum Gasteiger partial charge on any atom is -0.329 e. The van der Waals surface area contributed by atoms with E-state index in [0.717, 1.165) is 24.4 Å². The van der Waals surface area contributed by atoms with Crippen molar-refractivity contribution in [3.8, 4) is 0 Å². The minimum atomic E-state index is 0.341. The fraction of sp³-hybridized carbons (Fsp3) is 1.00. The fourth-order valence-corrected chi connectivity index (χ4v) is 5.78. The molecule has 3 atom stereocenters. The van der Waals surface area contributed by atoms with Crippen molar-refractivity contribution in [3.05, 3.63) is 0 Å². The highest BCUT2D eigenvalue weighted by Gasteiger charge is 2.53. The Balaban J connectivity index is 1.62. The van der Waals surface area contributed by atoms with Gasteiger partial charge in [-0.15, -0.1) is 0 Å². The maximum absolute atomic E-state index is 6.36. The molecule has 0 aromatic rings. The van der Waals surface area contributed by atoms with E-state index in [1.165, 1.54) is 71.1 Å². The van der Waals surface area contributed by atoms with Gasteiger partial charge in [-0.3, -0.25) is 4.90 Å². The van der Waals surface area contributed by atoms with Gasteiger partial charge in [0.2, 0.25) is 0 Å². The lowest BCUT2D eigenvalue weighted by Gasteiger charge is -2.59. The van der Waals surface area contributed by atoms with Crippen LogP contribution < -0.4 is 5.73 Å². The van der Waals surface area contributed by atoms with Crippen LogP contribution in [0.3, 0.4) is 0 Å². The molecule has 3 nitrogen and oxygen atoms in total. The summed E-state index contributed by atoms with van der Waals surface area (Å²) in [4.78, 5) is 5.59. The number of nitrogens with two attached hydrogens (primary N) is 1. The molecule has 4 aliphatic heterocycles. The first kappa shape index (κ1) is 12.6. The monoisotopic (exact) mass is 263 g/mol. The third kappa shape index (κ3) is 1.81. The van der Waals surface area contributed by atoms with Gasteiger partial charge in [0.15, 0.2) is 0 Å². The first-order chi connectivity index (χ1) is 9.33. The number of likely N-dealkylation sites (tertiary alicyclic amines) is 1. The van der Waals surface area contributed by atoms with Gasteiger partial charge in [0.25, 0.3) is 0 Å². The van der Waals surface area contributed by atoms with Crippen LogP contribution in [0.2, 0.25) is 0 Å². The molecule has 19 heavy (non-hydrogen) atoms. The van der Waals surface area contributed by atoms with Gasteiger partial charge in [-0.1, -0.05) is 12.8 Å². The topological polar surface area (TPSA) is 32.5 Å². The third-order valence-electron chi connectivity index (χ3n) is 6.78. The zero-order valence-corrected chi connectivity index (χ0v) is 12.2. The van der Waals surface area contributed by atoms with Crippen molar-refractivity contribution in [1.82, 2.24) is 9.80 Å². The molecule has 4 saturated heterocycles. The Morgan fingerprint density at radius 3 is 2.42 bits per heavy atom. The highest BCUT2D eigenvalue weighted by molar-refractivity contribution is 5.10. The molecule has 108 valence electrons. The molecule has 0 amide bonds. The Labute approximate surface area is 117 Å². The van der Waals surface area contributed by atoms with Gasteiger partial charge in [0.1, 0.15) is 0 Å². The fourth-order valence-electron chi connectivity index (χ4n) is 5.78. The smallest absolute Gasteiger partial charge is 0.0490 e. The first-order valence-electron chi connectivity index (χ1n) is 8.53. The van der Waals surface area contributed by atoms with Crippen LogP contribution in [0.25, 0.3) is 0 Å². The van der Waals surface area contributed by atoms with E-state index >= 15 is 0 Å². The lowest BCUT2D eigenvalue weighted by molar-refractivity contribution is -0.0796. The second-order valence-corrected chi connectivity index (χ2v) is 7.45. The standard InChI is InChI=1S/C16H29N3/c17-11-16(12-18-8-6-14(16)7-9-18)19-10-5-13-3-1-2-4-15(13)19/h13-15H,1-12,17H2. The van der Waals surface area contributed by atoms with Gasteiger partial charge in [0.05, 0.1) is 0 Å². The molecule has 3 heteroatoms. The van der Waals surface area contributed by atoms with Crippen molar-refractivity contribution in [2.24, 2.45) is 17.6 Å². The average Bonchev–Trinajstić information content (AvgIpc) is 2.92. The third-order valence-corrected chi connectivity index (χ3v) is 6.78. The molecule has 1 aliphatic carbocycles. The van der Waals surface area contributed by atoms with Crippen molar-refractivity contribution in [1.29, 1.82) is 0 Å². The molecule has 2 bridgehead atoms. The summed E-state index contributed by atoms with van der Waals surface area (Å²) in [6.07, 6.45) is 10.1. The molecular weight excluding hydrogens is 234 g/mol. The predicted octanol–water partition coefficient (Wildman–Crippen LogP) is 1.67. The zero-order chi connectivity index (χ0) is 12.9. The van der Waals surface area contributed by atoms with E-state index < -0.39 is 0 Å². The summed E-state index contributed by atoms with van der Waals surface area (Å²) >= 11 is 0. The minimum absolute atomic E-state index is 0.341. The SMILES string of the molecule is NCC1(N2CCC3CCCCC32)CN2CCC1CC2. The highest BCUT2D eigenvalue weighted by atomic mass is 15.3. The number of fused-ring (bicyclic) bond motifs is 4. The van der Waals surface area contributed by atoms with Crippen molar-refractivity contribution in [2.75, 3.05) is 32.7 Å². The van der Waals surface area contributed by atoms with Crippen LogP contribution >= 0.6 is 0 Å². The summed E-state index contributed by atoms with van der Waals surface area (Å²) in [6.45, 7) is 6.13. The summed E-state index contributed by atoms with van der Waals surface area (Å²) in [6, 6.07) is 0.873. The number of nitrogens with zero attached hydrogens (tertiary/aromatic N) is 2. The summed E-state index contributed by atoms with van der Waals surface area (Å²) in [5, 5.41) is 0. The maximum Gasteiger partial charge on any atom is 0.0490 e. The molecule has 5 rings (SSSR count). The molecular formula is C16H29N3. The number of hydrogen-bond acceptors (Lipinski definition) is 3. The Kier molecular flexibility index (Phi) is 3.13. The molecule has 5 fully saturated rings. The van der Waals surface area contributed by atoms with E-state index in [-0.39, 0.29) is 0 Å². The molecule has 0 aromatic carbocycles. The summed E-state index contributed by atoms with van der Waals surface area (Å²) < 4.78 is 0. The van der Waals surface area contributed by atoms with E-state index in [2.05, 4.69) is 9.80 Å². The van der Waals surface area contributed by atoms with Gasteiger partial charge in [-0.2, -0.15) is 0 Å². The lowest BCUT2D eigenvalue weighted by atomic mass is 9.70. The molecule has 4 heterocycles. The maximum atomic E-state index is 6.36. The van der Waals surface area contributed by atoms with Crippen LogP contribution in [0.4, 0.5) is 0 Å². The summed E-state index contributed by atoms with van der Waals surface area (Å²) in [5.74, 6) is 1.87. The van der Waals surface area contributed by atoms with Crippen LogP contribution in [-0.4, -0.2) is 54.1 Å². The van der Waals surface area contributed by atoms with Crippen LogP contribution in [0.5, 0.6) is 0 Å². The Morgan fingerprint density at radius 1 is 0.947 bits per heavy atom. The predicted molar refractivity (Wildman–Crippen MR) is 78.0 cm³/mol. The molecule has 1 saturated carbocycles. The number of piperidine rings is 3. The Morgan fingerprint density at radius 2 is 1.74 bits per heavy atom.